The molecule has 0 radical (unpaired) electrons. The van der Waals surface area contributed by atoms with Gasteiger partial charge in [0.15, 0.2) is 0 Å². The number of carbonyl (C=O) groups excluding carboxylic acids is 1. The van der Waals surface area contributed by atoms with E-state index in [1.54, 1.807) is 0 Å². The van der Waals surface area contributed by atoms with Gasteiger partial charge >= 0.3 is 6.09 Å². The summed E-state index contributed by atoms with van der Waals surface area (Å²) in [7, 11) is 0. The summed E-state index contributed by atoms with van der Waals surface area (Å²) in [6, 6.07) is 28.9. The second kappa shape index (κ2) is 12.8. The van der Waals surface area contributed by atoms with E-state index in [9.17, 15) is 4.79 Å². The number of rotatable bonds is 9. The molecule has 1 amide bonds. The zero-order valence-electron chi connectivity index (χ0n) is 19.8. The van der Waals surface area contributed by atoms with Crippen LogP contribution < -0.4 is 4.90 Å². The number of anilines is 1. The van der Waals surface area contributed by atoms with Crippen LogP contribution in [0.15, 0.2) is 84.9 Å². The molecule has 0 spiro atoms. The standard InChI is InChI=1S/C29H34N2O3/c32-29(34-24-27-11-5-2-6-12-27)31-19-8-18-30(20-21-31)28-16-14-25(15-17-28)13-7-22-33-23-26-9-3-1-4-10-26/h1-6,9-12,14-17H,7-8,13,18-24H2. The van der Waals surface area contributed by atoms with E-state index in [0.717, 1.165) is 51.1 Å². The van der Waals surface area contributed by atoms with Crippen molar-refractivity contribution in [1.82, 2.24) is 4.90 Å². The molecule has 0 aromatic heterocycles. The minimum absolute atomic E-state index is 0.226. The predicted octanol–water partition coefficient (Wildman–Crippen LogP) is 5.68. The van der Waals surface area contributed by atoms with E-state index >= 15 is 0 Å². The molecule has 1 aliphatic heterocycles. The average Bonchev–Trinajstić information content (AvgIpc) is 3.15. The Kier molecular flexibility index (Phi) is 8.98. The molecule has 178 valence electrons. The molecule has 1 saturated heterocycles. The molecule has 34 heavy (non-hydrogen) atoms. The maximum absolute atomic E-state index is 12.5. The van der Waals surface area contributed by atoms with Gasteiger partial charge in [0.05, 0.1) is 6.61 Å². The monoisotopic (exact) mass is 458 g/mol. The molecule has 0 saturated carbocycles. The van der Waals surface area contributed by atoms with Crippen LogP contribution in [0.3, 0.4) is 0 Å². The van der Waals surface area contributed by atoms with Crippen LogP contribution in [0.4, 0.5) is 10.5 Å². The van der Waals surface area contributed by atoms with Crippen molar-refractivity contribution in [3.8, 4) is 0 Å². The highest BCUT2D eigenvalue weighted by molar-refractivity contribution is 5.67. The number of benzene rings is 3. The predicted molar refractivity (Wildman–Crippen MR) is 136 cm³/mol. The molecule has 5 heteroatoms. The number of amides is 1. The van der Waals surface area contributed by atoms with E-state index in [-0.39, 0.29) is 6.09 Å². The van der Waals surface area contributed by atoms with Gasteiger partial charge in [-0.3, -0.25) is 0 Å². The molecule has 1 fully saturated rings. The van der Waals surface area contributed by atoms with Crippen LogP contribution in [0.5, 0.6) is 0 Å². The first-order valence-electron chi connectivity index (χ1n) is 12.2. The fourth-order valence-electron chi connectivity index (χ4n) is 4.18. The van der Waals surface area contributed by atoms with Gasteiger partial charge < -0.3 is 19.3 Å². The van der Waals surface area contributed by atoms with Crippen LogP contribution in [0.1, 0.15) is 29.5 Å². The van der Waals surface area contributed by atoms with Crippen LogP contribution in [-0.2, 0) is 29.1 Å². The van der Waals surface area contributed by atoms with Crippen molar-refractivity contribution in [3.63, 3.8) is 0 Å². The third kappa shape index (κ3) is 7.35. The van der Waals surface area contributed by atoms with Gasteiger partial charge in [-0.1, -0.05) is 72.8 Å². The van der Waals surface area contributed by atoms with Gasteiger partial charge in [-0.25, -0.2) is 4.79 Å². The lowest BCUT2D eigenvalue weighted by atomic mass is 10.1. The summed E-state index contributed by atoms with van der Waals surface area (Å²) in [6.45, 7) is 4.91. The first-order valence-corrected chi connectivity index (χ1v) is 12.2. The minimum Gasteiger partial charge on any atom is -0.445 e. The maximum Gasteiger partial charge on any atom is 0.410 e. The smallest absolute Gasteiger partial charge is 0.410 e. The van der Waals surface area contributed by atoms with Crippen molar-refractivity contribution in [3.05, 3.63) is 102 Å². The molecule has 0 unspecified atom stereocenters. The van der Waals surface area contributed by atoms with Crippen molar-refractivity contribution in [1.29, 1.82) is 0 Å². The third-order valence-corrected chi connectivity index (χ3v) is 6.13. The summed E-state index contributed by atoms with van der Waals surface area (Å²) in [4.78, 5) is 16.7. The van der Waals surface area contributed by atoms with Gasteiger partial charge in [-0.15, -0.1) is 0 Å². The van der Waals surface area contributed by atoms with Crippen molar-refractivity contribution in [2.24, 2.45) is 0 Å². The van der Waals surface area contributed by atoms with Crippen LogP contribution >= 0.6 is 0 Å². The molecule has 0 bridgehead atoms. The minimum atomic E-state index is -0.226. The van der Waals surface area contributed by atoms with Crippen molar-refractivity contribution < 1.29 is 14.3 Å². The Morgan fingerprint density at radius 3 is 2.09 bits per heavy atom. The third-order valence-electron chi connectivity index (χ3n) is 6.13. The molecule has 4 rings (SSSR count). The Morgan fingerprint density at radius 1 is 0.706 bits per heavy atom. The van der Waals surface area contributed by atoms with E-state index in [2.05, 4.69) is 41.3 Å². The normalized spacial score (nSPS) is 14.0. The molecule has 1 aliphatic rings. The molecule has 1 heterocycles. The highest BCUT2D eigenvalue weighted by atomic mass is 16.6. The first-order chi connectivity index (χ1) is 16.8. The van der Waals surface area contributed by atoms with Gasteiger partial charge in [0.2, 0.25) is 0 Å². The van der Waals surface area contributed by atoms with Crippen molar-refractivity contribution in [2.75, 3.05) is 37.7 Å². The lowest BCUT2D eigenvalue weighted by Gasteiger charge is -2.23. The largest absolute Gasteiger partial charge is 0.445 e. The average molecular weight is 459 g/mol. The topological polar surface area (TPSA) is 42.0 Å². The van der Waals surface area contributed by atoms with Gasteiger partial charge in [0, 0.05) is 38.5 Å². The summed E-state index contributed by atoms with van der Waals surface area (Å²) in [5.74, 6) is 0. The maximum atomic E-state index is 12.5. The summed E-state index contributed by atoms with van der Waals surface area (Å²) < 4.78 is 11.3. The van der Waals surface area contributed by atoms with E-state index < -0.39 is 0 Å². The van der Waals surface area contributed by atoms with E-state index in [1.807, 2.05) is 53.4 Å². The highest BCUT2D eigenvalue weighted by Gasteiger charge is 2.20. The number of aryl methyl sites for hydroxylation is 1. The van der Waals surface area contributed by atoms with E-state index in [4.69, 9.17) is 9.47 Å². The Balaban J connectivity index is 1.17. The highest BCUT2D eigenvalue weighted by Crippen LogP contribution is 2.19. The number of carbonyl (C=O) groups is 1. The molecule has 3 aromatic rings. The summed E-state index contributed by atoms with van der Waals surface area (Å²) in [6.07, 6.45) is 2.73. The van der Waals surface area contributed by atoms with E-state index in [0.29, 0.717) is 19.8 Å². The van der Waals surface area contributed by atoms with Crippen molar-refractivity contribution in [2.45, 2.75) is 32.5 Å². The fourth-order valence-corrected chi connectivity index (χ4v) is 4.18. The number of hydrogen-bond acceptors (Lipinski definition) is 4. The number of nitrogens with zero attached hydrogens (tertiary/aromatic N) is 2. The molecule has 0 aliphatic carbocycles. The van der Waals surface area contributed by atoms with Gasteiger partial charge in [0.25, 0.3) is 0 Å². The summed E-state index contributed by atoms with van der Waals surface area (Å²) in [5, 5.41) is 0. The van der Waals surface area contributed by atoms with Crippen molar-refractivity contribution >= 4 is 11.8 Å². The Morgan fingerprint density at radius 2 is 1.38 bits per heavy atom. The SMILES string of the molecule is O=C(OCc1ccccc1)N1CCCN(c2ccc(CCCOCc3ccccc3)cc2)CC1. The first kappa shape index (κ1) is 23.8. The molecule has 3 aromatic carbocycles. The molecule has 0 atom stereocenters. The molecular formula is C29H34N2O3. The number of hydrogen-bond donors (Lipinski definition) is 0. The Hall–Kier alpha value is -3.31. The molecular weight excluding hydrogens is 424 g/mol. The lowest BCUT2D eigenvalue weighted by molar-refractivity contribution is 0.0986. The van der Waals surface area contributed by atoms with Gasteiger partial charge in [0.1, 0.15) is 6.61 Å². The lowest BCUT2D eigenvalue weighted by Crippen LogP contribution is -2.35. The van der Waals surface area contributed by atoms with Gasteiger partial charge in [-0.2, -0.15) is 0 Å². The second-order valence-corrected chi connectivity index (χ2v) is 8.68. The Bertz CT molecular complexity index is 993. The fraction of sp³-hybridized carbons (Fsp3) is 0.345. The summed E-state index contributed by atoms with van der Waals surface area (Å²) >= 11 is 0. The zero-order chi connectivity index (χ0) is 23.4. The van der Waals surface area contributed by atoms with Crippen LogP contribution in [0.2, 0.25) is 0 Å². The Labute approximate surface area is 202 Å². The van der Waals surface area contributed by atoms with E-state index in [1.165, 1.54) is 16.8 Å². The number of ether oxygens (including phenoxy) is 2. The van der Waals surface area contributed by atoms with Gasteiger partial charge in [-0.05, 0) is 48.1 Å². The molecule has 5 nitrogen and oxygen atoms in total. The van der Waals surface area contributed by atoms with Crippen LogP contribution in [-0.4, -0.2) is 43.8 Å². The summed E-state index contributed by atoms with van der Waals surface area (Å²) in [5.41, 5.74) is 4.76. The molecule has 0 N–H and O–H groups in total. The zero-order valence-corrected chi connectivity index (χ0v) is 19.8. The second-order valence-electron chi connectivity index (χ2n) is 8.68. The quantitative estimate of drug-likeness (QED) is 0.387. The van der Waals surface area contributed by atoms with Crippen LogP contribution in [0, 0.1) is 0 Å². The van der Waals surface area contributed by atoms with Crippen LogP contribution in [0.25, 0.3) is 0 Å².